The van der Waals surface area contributed by atoms with E-state index in [9.17, 15) is 21.6 Å². The molecule has 0 unspecified atom stereocenters. The number of hydrogen-bond acceptors (Lipinski definition) is 4. The Morgan fingerprint density at radius 2 is 1.92 bits per heavy atom. The fourth-order valence-electron chi connectivity index (χ4n) is 2.46. The summed E-state index contributed by atoms with van der Waals surface area (Å²) < 4.78 is 67.3. The second kappa shape index (κ2) is 6.13. The van der Waals surface area contributed by atoms with Crippen molar-refractivity contribution in [1.29, 1.82) is 0 Å². The lowest BCUT2D eigenvalue weighted by Crippen LogP contribution is -2.15. The number of aryl methyl sites for hydroxylation is 2. The standard InChI is InChI=1S/C15H12ClF3N4O2S/c1-8-11-6-10(7-20-14(11)23(2)21-8)22-26(24,25)13-5-9(15(17,18)19)3-4-12(13)16/h3-7,22H,1-2H3. The molecule has 1 N–H and O–H groups in total. The van der Waals surface area contributed by atoms with Gasteiger partial charge in [0.15, 0.2) is 5.65 Å². The van der Waals surface area contributed by atoms with Crippen LogP contribution in [0.5, 0.6) is 0 Å². The maximum atomic E-state index is 12.9. The smallest absolute Gasteiger partial charge is 0.278 e. The molecule has 0 saturated carbocycles. The molecule has 1 aromatic carbocycles. The normalized spacial score (nSPS) is 12.5. The molecule has 0 fully saturated rings. The quantitative estimate of drug-likeness (QED) is 0.721. The van der Waals surface area contributed by atoms with Gasteiger partial charge >= 0.3 is 6.18 Å². The van der Waals surface area contributed by atoms with Crippen molar-refractivity contribution in [3.8, 4) is 0 Å². The Bertz CT molecular complexity index is 1110. The molecule has 0 radical (unpaired) electrons. The molecule has 6 nitrogen and oxygen atoms in total. The van der Waals surface area contributed by atoms with Crippen LogP contribution in [0.3, 0.4) is 0 Å². The van der Waals surface area contributed by atoms with Crippen LogP contribution >= 0.6 is 11.6 Å². The lowest BCUT2D eigenvalue weighted by Gasteiger charge is -2.12. The molecule has 0 aliphatic rings. The minimum atomic E-state index is -4.69. The summed E-state index contributed by atoms with van der Waals surface area (Å²) in [5, 5.41) is 4.46. The van der Waals surface area contributed by atoms with E-state index in [4.69, 9.17) is 11.6 Å². The van der Waals surface area contributed by atoms with E-state index in [-0.39, 0.29) is 10.7 Å². The molecule has 2 heterocycles. The first-order chi connectivity index (χ1) is 12.0. The first-order valence-electron chi connectivity index (χ1n) is 7.18. The number of hydrogen-bond donors (Lipinski definition) is 1. The number of halogens is 4. The molecule has 0 aliphatic heterocycles. The van der Waals surface area contributed by atoms with E-state index in [1.165, 1.54) is 16.9 Å². The summed E-state index contributed by atoms with van der Waals surface area (Å²) >= 11 is 5.81. The lowest BCUT2D eigenvalue weighted by molar-refractivity contribution is -0.137. The molecule has 3 rings (SSSR count). The molecular weight excluding hydrogens is 393 g/mol. The third kappa shape index (κ3) is 3.34. The number of nitrogens with zero attached hydrogens (tertiary/aromatic N) is 3. The topological polar surface area (TPSA) is 76.9 Å². The van der Waals surface area contributed by atoms with Gasteiger partial charge in [-0.2, -0.15) is 18.3 Å². The number of pyridine rings is 1. The summed E-state index contributed by atoms with van der Waals surface area (Å²) in [6, 6.07) is 3.61. The Kier molecular flexibility index (Phi) is 4.35. The molecule has 2 aromatic heterocycles. The summed E-state index contributed by atoms with van der Waals surface area (Å²) in [5.74, 6) is 0. The van der Waals surface area contributed by atoms with Crippen LogP contribution < -0.4 is 4.72 Å². The van der Waals surface area contributed by atoms with Gasteiger partial charge < -0.3 is 0 Å². The zero-order valence-corrected chi connectivity index (χ0v) is 15.0. The van der Waals surface area contributed by atoms with E-state index in [1.807, 2.05) is 0 Å². The Morgan fingerprint density at radius 3 is 2.58 bits per heavy atom. The van der Waals surface area contributed by atoms with Gasteiger partial charge in [0.1, 0.15) is 4.90 Å². The fourth-order valence-corrected chi connectivity index (χ4v) is 4.02. The van der Waals surface area contributed by atoms with Gasteiger partial charge in [0, 0.05) is 12.4 Å². The zero-order chi connectivity index (χ0) is 19.3. The highest BCUT2D eigenvalue weighted by Gasteiger charge is 2.32. The van der Waals surface area contributed by atoms with Crippen molar-refractivity contribution in [2.45, 2.75) is 18.0 Å². The molecule has 3 aromatic rings. The number of anilines is 1. The van der Waals surface area contributed by atoms with Gasteiger partial charge in [-0.1, -0.05) is 11.6 Å². The van der Waals surface area contributed by atoms with Crippen molar-refractivity contribution in [1.82, 2.24) is 14.8 Å². The van der Waals surface area contributed by atoms with E-state index in [2.05, 4.69) is 14.8 Å². The first kappa shape index (κ1) is 18.5. The number of sulfonamides is 1. The van der Waals surface area contributed by atoms with Gasteiger partial charge in [-0.3, -0.25) is 9.40 Å². The maximum absolute atomic E-state index is 12.9. The molecule has 0 aliphatic carbocycles. The van der Waals surface area contributed by atoms with Crippen LogP contribution in [-0.2, 0) is 23.2 Å². The summed E-state index contributed by atoms with van der Waals surface area (Å²) in [5.41, 5.74) is 0.150. The van der Waals surface area contributed by atoms with Crippen LogP contribution in [0.4, 0.5) is 18.9 Å². The Morgan fingerprint density at radius 1 is 1.23 bits per heavy atom. The zero-order valence-electron chi connectivity index (χ0n) is 13.5. The molecule has 26 heavy (non-hydrogen) atoms. The monoisotopic (exact) mass is 404 g/mol. The largest absolute Gasteiger partial charge is 0.416 e. The van der Waals surface area contributed by atoms with E-state index < -0.39 is 26.7 Å². The number of nitrogens with one attached hydrogen (secondary N) is 1. The highest BCUT2D eigenvalue weighted by atomic mass is 35.5. The highest BCUT2D eigenvalue weighted by Crippen LogP contribution is 2.34. The van der Waals surface area contributed by atoms with Gasteiger partial charge in [0.25, 0.3) is 10.0 Å². The van der Waals surface area contributed by atoms with Crippen LogP contribution in [-0.4, -0.2) is 23.2 Å². The molecule has 0 spiro atoms. The van der Waals surface area contributed by atoms with Crippen LogP contribution in [0.1, 0.15) is 11.3 Å². The number of alkyl halides is 3. The number of aromatic nitrogens is 3. The second-order valence-corrected chi connectivity index (χ2v) is 7.61. The summed E-state index contributed by atoms with van der Waals surface area (Å²) in [7, 11) is -2.66. The molecule has 0 bridgehead atoms. The first-order valence-corrected chi connectivity index (χ1v) is 9.04. The fraction of sp³-hybridized carbons (Fsp3) is 0.200. The predicted molar refractivity (Wildman–Crippen MR) is 90.5 cm³/mol. The Balaban J connectivity index is 2.03. The summed E-state index contributed by atoms with van der Waals surface area (Å²) in [4.78, 5) is 3.45. The van der Waals surface area contributed by atoms with Gasteiger partial charge in [0.2, 0.25) is 0 Å². The molecule has 0 atom stereocenters. The Hall–Kier alpha value is -2.33. The lowest BCUT2D eigenvalue weighted by atomic mass is 10.2. The van der Waals surface area contributed by atoms with E-state index in [0.29, 0.717) is 28.9 Å². The van der Waals surface area contributed by atoms with Crippen LogP contribution in [0.15, 0.2) is 35.4 Å². The minimum Gasteiger partial charge on any atom is -0.278 e. The summed E-state index contributed by atoms with van der Waals surface area (Å²) in [6.45, 7) is 1.73. The van der Waals surface area contributed by atoms with Crippen molar-refractivity contribution in [2.75, 3.05) is 4.72 Å². The van der Waals surface area contributed by atoms with Crippen LogP contribution in [0, 0.1) is 6.92 Å². The molecular formula is C15H12ClF3N4O2S. The van der Waals surface area contributed by atoms with E-state index in [1.54, 1.807) is 14.0 Å². The van der Waals surface area contributed by atoms with Crippen molar-refractivity contribution < 1.29 is 21.6 Å². The third-order valence-corrected chi connectivity index (χ3v) is 5.53. The van der Waals surface area contributed by atoms with Crippen molar-refractivity contribution in [2.24, 2.45) is 7.05 Å². The van der Waals surface area contributed by atoms with Gasteiger partial charge in [-0.15, -0.1) is 0 Å². The average molecular weight is 405 g/mol. The average Bonchev–Trinajstić information content (AvgIpc) is 2.80. The van der Waals surface area contributed by atoms with Crippen molar-refractivity contribution >= 4 is 38.3 Å². The molecule has 11 heteroatoms. The second-order valence-electron chi connectivity index (χ2n) is 5.55. The molecule has 138 valence electrons. The summed E-state index contributed by atoms with van der Waals surface area (Å²) in [6.07, 6.45) is -3.44. The van der Waals surface area contributed by atoms with Crippen molar-refractivity contribution in [3.63, 3.8) is 0 Å². The molecule has 0 saturated heterocycles. The highest BCUT2D eigenvalue weighted by molar-refractivity contribution is 7.92. The SMILES string of the molecule is Cc1nn(C)c2ncc(NS(=O)(=O)c3cc(C(F)(F)F)ccc3Cl)cc12. The van der Waals surface area contributed by atoms with Gasteiger partial charge in [-0.25, -0.2) is 13.4 Å². The van der Waals surface area contributed by atoms with Crippen molar-refractivity contribution in [3.05, 3.63) is 46.7 Å². The number of rotatable bonds is 3. The van der Waals surface area contributed by atoms with Gasteiger partial charge in [0.05, 0.1) is 28.2 Å². The number of benzene rings is 1. The van der Waals surface area contributed by atoms with E-state index >= 15 is 0 Å². The van der Waals surface area contributed by atoms with Crippen LogP contribution in [0.25, 0.3) is 11.0 Å². The number of fused-ring (bicyclic) bond motifs is 1. The minimum absolute atomic E-state index is 0.0853. The van der Waals surface area contributed by atoms with Crippen LogP contribution in [0.2, 0.25) is 5.02 Å². The Labute approximate surface area is 151 Å². The maximum Gasteiger partial charge on any atom is 0.416 e. The molecule has 0 amide bonds. The third-order valence-electron chi connectivity index (χ3n) is 3.66. The predicted octanol–water partition coefficient (Wildman–Crippen LogP) is 3.75. The van der Waals surface area contributed by atoms with Gasteiger partial charge in [-0.05, 0) is 31.2 Å². The van der Waals surface area contributed by atoms with E-state index in [0.717, 1.165) is 6.07 Å².